The number of nitrogens with zero attached hydrogens (tertiary/aromatic N) is 2. The molecule has 4 nitrogen and oxygen atoms in total. The molecule has 0 fully saturated rings. The van der Waals surface area contributed by atoms with Crippen molar-refractivity contribution >= 4 is 17.3 Å². The first-order chi connectivity index (χ1) is 12.3. The minimum absolute atomic E-state index is 0.669. The van der Waals surface area contributed by atoms with E-state index in [1.807, 2.05) is 24.3 Å². The van der Waals surface area contributed by atoms with Gasteiger partial charge in [-0.15, -0.1) is 11.3 Å². The van der Waals surface area contributed by atoms with Crippen LogP contribution < -0.4 is 10.6 Å². The van der Waals surface area contributed by atoms with Crippen LogP contribution in [0, 0.1) is 0 Å². The van der Waals surface area contributed by atoms with Gasteiger partial charge in [0.15, 0.2) is 5.96 Å². The van der Waals surface area contributed by atoms with Crippen LogP contribution >= 0.6 is 11.3 Å². The Balaban J connectivity index is 1.47. The molecule has 0 unspecified atom stereocenters. The molecule has 1 aromatic heterocycles. The lowest BCUT2D eigenvalue weighted by Gasteiger charge is -2.10. The molecule has 0 saturated carbocycles. The maximum Gasteiger partial charge on any atom is 0.191 e. The Morgan fingerprint density at radius 2 is 1.72 bits per heavy atom. The molecule has 0 bridgehead atoms. The number of hydrogen-bond donors (Lipinski definition) is 2. The highest BCUT2D eigenvalue weighted by atomic mass is 32.1. The number of nitrogens with one attached hydrogen (secondary N) is 2. The van der Waals surface area contributed by atoms with Crippen molar-refractivity contribution in [3.8, 4) is 11.3 Å². The number of aliphatic imine (C=N–C) groups is 1. The molecule has 2 N–H and O–H groups in total. The highest BCUT2D eigenvalue weighted by Gasteiger charge is 2.05. The van der Waals surface area contributed by atoms with Gasteiger partial charge >= 0.3 is 0 Å². The summed E-state index contributed by atoms with van der Waals surface area (Å²) in [6.07, 6.45) is 0.969. The van der Waals surface area contributed by atoms with Gasteiger partial charge in [0.1, 0.15) is 5.01 Å². The summed E-state index contributed by atoms with van der Waals surface area (Å²) in [4.78, 5) is 8.96. The molecule has 0 spiro atoms. The van der Waals surface area contributed by atoms with Gasteiger partial charge in [-0.3, -0.25) is 4.99 Å². The Kier molecular flexibility index (Phi) is 6.17. The fraction of sp³-hybridized carbons (Fsp3) is 0.200. The van der Waals surface area contributed by atoms with E-state index in [1.165, 1.54) is 5.56 Å². The maximum absolute atomic E-state index is 4.69. The van der Waals surface area contributed by atoms with Crippen molar-refractivity contribution in [1.29, 1.82) is 0 Å². The quantitative estimate of drug-likeness (QED) is 0.526. The van der Waals surface area contributed by atoms with Crippen LogP contribution in [-0.2, 0) is 13.0 Å². The van der Waals surface area contributed by atoms with Crippen LogP contribution in [0.4, 0.5) is 0 Å². The molecule has 0 aliphatic heterocycles. The predicted octanol–water partition coefficient (Wildman–Crippen LogP) is 3.72. The van der Waals surface area contributed by atoms with E-state index in [0.29, 0.717) is 6.54 Å². The number of aromatic nitrogens is 1. The summed E-state index contributed by atoms with van der Waals surface area (Å²) in [6, 6.07) is 20.7. The first-order valence-corrected chi connectivity index (χ1v) is 9.21. The van der Waals surface area contributed by atoms with Crippen molar-refractivity contribution in [3.63, 3.8) is 0 Å². The van der Waals surface area contributed by atoms with Crippen LogP contribution in [0.15, 0.2) is 71.0 Å². The zero-order valence-corrected chi connectivity index (χ0v) is 15.1. The summed E-state index contributed by atoms with van der Waals surface area (Å²) in [5, 5.41) is 9.81. The molecular formula is C20H22N4S. The summed E-state index contributed by atoms with van der Waals surface area (Å²) < 4.78 is 0. The van der Waals surface area contributed by atoms with Crippen LogP contribution in [0.3, 0.4) is 0 Å². The van der Waals surface area contributed by atoms with E-state index in [0.717, 1.165) is 35.2 Å². The van der Waals surface area contributed by atoms with Crippen molar-refractivity contribution in [2.24, 2.45) is 4.99 Å². The summed E-state index contributed by atoms with van der Waals surface area (Å²) in [6.45, 7) is 1.51. The molecule has 0 atom stereocenters. The van der Waals surface area contributed by atoms with Gasteiger partial charge in [-0.25, -0.2) is 4.98 Å². The normalized spacial score (nSPS) is 11.3. The number of benzene rings is 2. The van der Waals surface area contributed by atoms with Crippen LogP contribution in [0.2, 0.25) is 0 Å². The van der Waals surface area contributed by atoms with Gasteiger partial charge in [-0.05, 0) is 12.0 Å². The van der Waals surface area contributed by atoms with Gasteiger partial charge in [0.2, 0.25) is 0 Å². The van der Waals surface area contributed by atoms with Gasteiger partial charge in [0.25, 0.3) is 0 Å². The lowest BCUT2D eigenvalue weighted by Crippen LogP contribution is -2.37. The van der Waals surface area contributed by atoms with Gasteiger partial charge in [0.05, 0.1) is 12.2 Å². The summed E-state index contributed by atoms with van der Waals surface area (Å²) in [5.41, 5.74) is 3.49. The highest BCUT2D eigenvalue weighted by Crippen LogP contribution is 2.21. The zero-order valence-electron chi connectivity index (χ0n) is 14.3. The average Bonchev–Trinajstić information content (AvgIpc) is 3.15. The predicted molar refractivity (Wildman–Crippen MR) is 106 cm³/mol. The SMILES string of the molecule is CN=C(NCCc1ccccc1)NCc1nc(-c2ccccc2)cs1. The fourth-order valence-corrected chi connectivity index (χ4v) is 3.23. The van der Waals surface area contributed by atoms with Crippen molar-refractivity contribution in [2.45, 2.75) is 13.0 Å². The Bertz CT molecular complexity index is 797. The zero-order chi connectivity index (χ0) is 17.3. The average molecular weight is 350 g/mol. The third-order valence-corrected chi connectivity index (χ3v) is 4.65. The monoisotopic (exact) mass is 350 g/mol. The lowest BCUT2D eigenvalue weighted by atomic mass is 10.1. The smallest absolute Gasteiger partial charge is 0.191 e. The van der Waals surface area contributed by atoms with Crippen LogP contribution in [0.5, 0.6) is 0 Å². The van der Waals surface area contributed by atoms with E-state index < -0.39 is 0 Å². The standard InChI is InChI=1S/C20H22N4S/c1-21-20(22-13-12-16-8-4-2-5-9-16)23-14-19-24-18(15-25-19)17-10-6-3-7-11-17/h2-11,15H,12-14H2,1H3,(H2,21,22,23). The Labute approximate surface area is 152 Å². The summed E-state index contributed by atoms with van der Waals surface area (Å²) in [5.74, 6) is 0.799. The molecule has 0 aliphatic carbocycles. The second-order valence-electron chi connectivity index (χ2n) is 5.58. The maximum atomic E-state index is 4.69. The van der Waals surface area contributed by atoms with Crippen molar-refractivity contribution < 1.29 is 0 Å². The largest absolute Gasteiger partial charge is 0.356 e. The first kappa shape index (κ1) is 17.2. The Morgan fingerprint density at radius 1 is 1.00 bits per heavy atom. The van der Waals surface area contributed by atoms with Crippen molar-refractivity contribution in [3.05, 3.63) is 76.6 Å². The molecule has 3 aromatic rings. The van der Waals surface area contributed by atoms with Gasteiger partial charge in [0, 0.05) is 24.5 Å². The molecule has 5 heteroatoms. The van der Waals surface area contributed by atoms with E-state index in [9.17, 15) is 0 Å². The molecule has 0 saturated heterocycles. The molecule has 3 rings (SSSR count). The molecular weight excluding hydrogens is 328 g/mol. The first-order valence-electron chi connectivity index (χ1n) is 8.33. The molecule has 1 heterocycles. The number of hydrogen-bond acceptors (Lipinski definition) is 3. The number of guanidine groups is 1. The van der Waals surface area contributed by atoms with Crippen LogP contribution in [0.25, 0.3) is 11.3 Å². The van der Waals surface area contributed by atoms with E-state index in [1.54, 1.807) is 18.4 Å². The highest BCUT2D eigenvalue weighted by molar-refractivity contribution is 7.09. The Hall–Kier alpha value is -2.66. The lowest BCUT2D eigenvalue weighted by molar-refractivity contribution is 0.792. The topological polar surface area (TPSA) is 49.3 Å². The molecule has 25 heavy (non-hydrogen) atoms. The van der Waals surface area contributed by atoms with Gasteiger partial charge < -0.3 is 10.6 Å². The number of rotatable bonds is 6. The van der Waals surface area contributed by atoms with E-state index in [-0.39, 0.29) is 0 Å². The molecule has 0 amide bonds. The van der Waals surface area contributed by atoms with Crippen molar-refractivity contribution in [1.82, 2.24) is 15.6 Å². The second-order valence-corrected chi connectivity index (χ2v) is 6.52. The second kappa shape index (κ2) is 8.99. The van der Waals surface area contributed by atoms with Crippen molar-refractivity contribution in [2.75, 3.05) is 13.6 Å². The minimum atomic E-state index is 0.669. The molecule has 0 aliphatic rings. The molecule has 128 valence electrons. The van der Waals surface area contributed by atoms with Gasteiger partial charge in [-0.1, -0.05) is 60.7 Å². The Morgan fingerprint density at radius 3 is 2.44 bits per heavy atom. The number of thiazole rings is 1. The fourth-order valence-electron chi connectivity index (χ4n) is 2.48. The van der Waals surface area contributed by atoms with Crippen LogP contribution in [-0.4, -0.2) is 24.5 Å². The third kappa shape index (κ3) is 5.16. The molecule has 2 aromatic carbocycles. The van der Waals surface area contributed by atoms with Crippen LogP contribution in [0.1, 0.15) is 10.6 Å². The third-order valence-electron chi connectivity index (χ3n) is 3.80. The van der Waals surface area contributed by atoms with E-state index in [4.69, 9.17) is 0 Å². The molecule has 0 radical (unpaired) electrons. The van der Waals surface area contributed by atoms with E-state index >= 15 is 0 Å². The minimum Gasteiger partial charge on any atom is -0.356 e. The summed E-state index contributed by atoms with van der Waals surface area (Å²) in [7, 11) is 1.79. The van der Waals surface area contributed by atoms with E-state index in [2.05, 4.69) is 62.4 Å². The summed E-state index contributed by atoms with van der Waals surface area (Å²) >= 11 is 1.66. The van der Waals surface area contributed by atoms with Gasteiger partial charge in [-0.2, -0.15) is 0 Å².